The SMILES string of the molecule is CCOc1ncccc1CNC(=O)[C@H]1COCCN1CC(F)(F)F. The molecule has 24 heavy (non-hydrogen) atoms. The van der Waals surface area contributed by atoms with E-state index in [4.69, 9.17) is 9.47 Å². The number of morpholine rings is 1. The fourth-order valence-corrected chi connectivity index (χ4v) is 2.42. The number of carbonyl (C=O) groups is 1. The maximum Gasteiger partial charge on any atom is 0.401 e. The lowest BCUT2D eigenvalue weighted by molar-refractivity contribution is -0.166. The van der Waals surface area contributed by atoms with E-state index in [1.807, 2.05) is 6.92 Å². The summed E-state index contributed by atoms with van der Waals surface area (Å²) >= 11 is 0. The molecule has 1 aliphatic rings. The summed E-state index contributed by atoms with van der Waals surface area (Å²) in [5, 5.41) is 2.64. The van der Waals surface area contributed by atoms with Gasteiger partial charge in [0.15, 0.2) is 0 Å². The third-order valence-electron chi connectivity index (χ3n) is 3.51. The van der Waals surface area contributed by atoms with E-state index >= 15 is 0 Å². The van der Waals surface area contributed by atoms with Gasteiger partial charge in [0.2, 0.25) is 11.8 Å². The Morgan fingerprint density at radius 3 is 3.04 bits per heavy atom. The van der Waals surface area contributed by atoms with Crippen LogP contribution in [0.15, 0.2) is 18.3 Å². The third kappa shape index (κ3) is 5.34. The summed E-state index contributed by atoms with van der Waals surface area (Å²) in [7, 11) is 0. The first-order valence-corrected chi connectivity index (χ1v) is 7.63. The minimum Gasteiger partial charge on any atom is -0.478 e. The minimum absolute atomic E-state index is 0.0622. The van der Waals surface area contributed by atoms with Crippen LogP contribution in [0.25, 0.3) is 0 Å². The van der Waals surface area contributed by atoms with Crippen LogP contribution >= 0.6 is 0 Å². The van der Waals surface area contributed by atoms with E-state index in [2.05, 4.69) is 10.3 Å². The largest absolute Gasteiger partial charge is 0.478 e. The number of pyridine rings is 1. The highest BCUT2D eigenvalue weighted by molar-refractivity contribution is 5.82. The second-order valence-corrected chi connectivity index (χ2v) is 5.29. The average molecular weight is 347 g/mol. The van der Waals surface area contributed by atoms with Crippen molar-refractivity contribution < 1.29 is 27.4 Å². The lowest BCUT2D eigenvalue weighted by atomic mass is 10.2. The van der Waals surface area contributed by atoms with Crippen LogP contribution in [-0.2, 0) is 16.1 Å². The molecule has 1 amide bonds. The van der Waals surface area contributed by atoms with Gasteiger partial charge in [0, 0.05) is 24.8 Å². The summed E-state index contributed by atoms with van der Waals surface area (Å²) in [5.74, 6) is -0.113. The van der Waals surface area contributed by atoms with Crippen LogP contribution < -0.4 is 10.1 Å². The van der Waals surface area contributed by atoms with Crippen LogP contribution in [0.4, 0.5) is 13.2 Å². The second-order valence-electron chi connectivity index (χ2n) is 5.29. The summed E-state index contributed by atoms with van der Waals surface area (Å²) in [5.41, 5.74) is 0.659. The highest BCUT2D eigenvalue weighted by atomic mass is 19.4. The van der Waals surface area contributed by atoms with Crippen molar-refractivity contribution in [3.63, 3.8) is 0 Å². The fraction of sp³-hybridized carbons (Fsp3) is 0.600. The zero-order valence-corrected chi connectivity index (χ0v) is 13.3. The molecule has 6 nitrogen and oxygen atoms in total. The molecule has 1 atom stereocenters. The van der Waals surface area contributed by atoms with Gasteiger partial charge < -0.3 is 14.8 Å². The summed E-state index contributed by atoms with van der Waals surface area (Å²) in [4.78, 5) is 17.4. The molecule has 2 rings (SSSR count). The Balaban J connectivity index is 1.97. The molecule has 0 saturated carbocycles. The zero-order valence-electron chi connectivity index (χ0n) is 13.3. The molecule has 0 aromatic carbocycles. The maximum atomic E-state index is 12.6. The normalized spacial score (nSPS) is 19.1. The van der Waals surface area contributed by atoms with Crippen molar-refractivity contribution in [3.05, 3.63) is 23.9 Å². The minimum atomic E-state index is -4.36. The number of amides is 1. The molecule has 0 aliphatic carbocycles. The molecule has 134 valence electrons. The summed E-state index contributed by atoms with van der Waals surface area (Å²) in [6, 6.07) is 2.47. The number of aromatic nitrogens is 1. The first-order valence-electron chi connectivity index (χ1n) is 7.63. The molecule has 1 aromatic rings. The van der Waals surface area contributed by atoms with E-state index in [0.717, 1.165) is 4.90 Å². The number of nitrogens with one attached hydrogen (secondary N) is 1. The first kappa shape index (κ1) is 18.5. The Hall–Kier alpha value is -1.87. The molecule has 2 heterocycles. The number of alkyl halides is 3. The zero-order chi connectivity index (χ0) is 17.6. The highest BCUT2D eigenvalue weighted by Crippen LogP contribution is 2.20. The lowest BCUT2D eigenvalue weighted by Crippen LogP contribution is -2.55. The quantitative estimate of drug-likeness (QED) is 0.842. The number of rotatable bonds is 6. The highest BCUT2D eigenvalue weighted by Gasteiger charge is 2.38. The number of halogens is 3. The van der Waals surface area contributed by atoms with Gasteiger partial charge in [0.1, 0.15) is 6.04 Å². The molecular weight excluding hydrogens is 327 g/mol. The average Bonchev–Trinajstić information content (AvgIpc) is 2.53. The van der Waals surface area contributed by atoms with Gasteiger partial charge in [-0.3, -0.25) is 9.69 Å². The fourth-order valence-electron chi connectivity index (χ4n) is 2.42. The first-order chi connectivity index (χ1) is 11.4. The van der Waals surface area contributed by atoms with E-state index < -0.39 is 24.7 Å². The number of nitrogens with zero attached hydrogens (tertiary/aromatic N) is 2. The van der Waals surface area contributed by atoms with E-state index in [9.17, 15) is 18.0 Å². The molecule has 0 unspecified atom stereocenters. The van der Waals surface area contributed by atoms with Crippen LogP contribution in [0, 0.1) is 0 Å². The summed E-state index contributed by atoms with van der Waals surface area (Å²) < 4.78 is 48.4. The molecule has 1 aliphatic heterocycles. The smallest absolute Gasteiger partial charge is 0.401 e. The van der Waals surface area contributed by atoms with Crippen LogP contribution in [0.1, 0.15) is 12.5 Å². The van der Waals surface area contributed by atoms with Gasteiger partial charge >= 0.3 is 6.18 Å². The molecule has 0 spiro atoms. The van der Waals surface area contributed by atoms with Gasteiger partial charge in [0.05, 0.1) is 26.4 Å². The van der Waals surface area contributed by atoms with Crippen molar-refractivity contribution in [1.82, 2.24) is 15.2 Å². The van der Waals surface area contributed by atoms with Gasteiger partial charge in [-0.05, 0) is 13.0 Å². The number of hydrogen-bond acceptors (Lipinski definition) is 5. The third-order valence-corrected chi connectivity index (χ3v) is 3.51. The van der Waals surface area contributed by atoms with E-state index in [-0.39, 0.29) is 26.3 Å². The second kappa shape index (κ2) is 8.29. The number of ether oxygens (including phenoxy) is 2. The molecule has 1 fully saturated rings. The van der Waals surface area contributed by atoms with Crippen molar-refractivity contribution in [2.45, 2.75) is 25.7 Å². The molecule has 9 heteroatoms. The molecule has 1 aromatic heterocycles. The van der Waals surface area contributed by atoms with Crippen molar-refractivity contribution >= 4 is 5.91 Å². The van der Waals surface area contributed by atoms with Crippen LogP contribution in [0.2, 0.25) is 0 Å². The van der Waals surface area contributed by atoms with Crippen molar-refractivity contribution in [2.75, 3.05) is 32.9 Å². The van der Waals surface area contributed by atoms with E-state index in [1.54, 1.807) is 18.3 Å². The number of carbonyl (C=O) groups excluding carboxylic acids is 1. The van der Waals surface area contributed by atoms with Gasteiger partial charge in [0.25, 0.3) is 0 Å². The Morgan fingerprint density at radius 1 is 1.54 bits per heavy atom. The molecule has 1 saturated heterocycles. The van der Waals surface area contributed by atoms with Gasteiger partial charge in [-0.2, -0.15) is 13.2 Å². The van der Waals surface area contributed by atoms with Gasteiger partial charge in [-0.15, -0.1) is 0 Å². The molecule has 1 N–H and O–H groups in total. The van der Waals surface area contributed by atoms with Crippen molar-refractivity contribution in [1.29, 1.82) is 0 Å². The standard InChI is InChI=1S/C15H20F3N3O3/c1-2-24-14-11(4-3-5-19-14)8-20-13(22)12-9-23-7-6-21(12)10-15(16,17)18/h3-5,12H,2,6-10H2,1H3,(H,20,22)/t12-/m1/s1. The van der Waals surface area contributed by atoms with Gasteiger partial charge in [-0.25, -0.2) is 4.98 Å². The Kier molecular flexibility index (Phi) is 6.38. The lowest BCUT2D eigenvalue weighted by Gasteiger charge is -2.34. The van der Waals surface area contributed by atoms with Gasteiger partial charge in [-0.1, -0.05) is 6.07 Å². The molecular formula is C15H20F3N3O3. The Labute approximate surface area is 137 Å². The Bertz CT molecular complexity index is 554. The maximum absolute atomic E-state index is 12.6. The molecule has 0 radical (unpaired) electrons. The predicted octanol–water partition coefficient (Wildman–Crippen LogP) is 1.36. The molecule has 0 bridgehead atoms. The predicted molar refractivity (Wildman–Crippen MR) is 79.5 cm³/mol. The monoisotopic (exact) mass is 347 g/mol. The van der Waals surface area contributed by atoms with Crippen LogP contribution in [-0.4, -0.2) is 60.9 Å². The topological polar surface area (TPSA) is 63.7 Å². The summed E-state index contributed by atoms with van der Waals surface area (Å²) in [6.07, 6.45) is -2.79. The number of hydrogen-bond donors (Lipinski definition) is 1. The van der Waals surface area contributed by atoms with E-state index in [1.165, 1.54) is 0 Å². The van der Waals surface area contributed by atoms with Crippen LogP contribution in [0.5, 0.6) is 5.88 Å². The van der Waals surface area contributed by atoms with Crippen molar-refractivity contribution in [3.8, 4) is 5.88 Å². The van der Waals surface area contributed by atoms with Crippen molar-refractivity contribution in [2.24, 2.45) is 0 Å². The Morgan fingerprint density at radius 2 is 2.33 bits per heavy atom. The van der Waals surface area contributed by atoms with E-state index in [0.29, 0.717) is 18.1 Å². The van der Waals surface area contributed by atoms with Crippen LogP contribution in [0.3, 0.4) is 0 Å². The summed E-state index contributed by atoms with van der Waals surface area (Å²) in [6.45, 7) is 1.40.